The van der Waals surface area contributed by atoms with Gasteiger partial charge in [-0.05, 0) is 48.7 Å². The van der Waals surface area contributed by atoms with Gasteiger partial charge in [0.1, 0.15) is 5.75 Å². The van der Waals surface area contributed by atoms with E-state index in [4.69, 9.17) is 33.8 Å². The first-order chi connectivity index (χ1) is 11.1. The Labute approximate surface area is 143 Å². The lowest BCUT2D eigenvalue weighted by atomic mass is 10.1. The van der Waals surface area contributed by atoms with E-state index in [2.05, 4.69) is 10.7 Å². The number of aryl methyl sites for hydroxylation is 1. The summed E-state index contributed by atoms with van der Waals surface area (Å²) in [5.74, 6) is 6.36. The zero-order valence-corrected chi connectivity index (χ0v) is 13.7. The number of ether oxygens (including phenoxy) is 1. The van der Waals surface area contributed by atoms with Crippen LogP contribution in [0.25, 0.3) is 0 Å². The summed E-state index contributed by atoms with van der Waals surface area (Å²) >= 11 is 12.4. The number of amides is 1. The number of anilines is 2. The topological polar surface area (TPSA) is 76.4 Å². The molecule has 0 spiro atoms. The average Bonchev–Trinajstić information content (AvgIpc) is 2.70. The lowest BCUT2D eigenvalue weighted by Crippen LogP contribution is -2.09. The normalized spacial score (nSPS) is 13.8. The van der Waals surface area contributed by atoms with E-state index in [0.29, 0.717) is 33.7 Å². The molecule has 2 aromatic carbocycles. The van der Waals surface area contributed by atoms with E-state index >= 15 is 0 Å². The molecule has 0 saturated heterocycles. The van der Waals surface area contributed by atoms with E-state index in [0.717, 1.165) is 24.1 Å². The van der Waals surface area contributed by atoms with E-state index in [-0.39, 0.29) is 5.91 Å². The Bertz CT molecular complexity index is 742. The van der Waals surface area contributed by atoms with Gasteiger partial charge in [-0.15, -0.1) is 0 Å². The lowest BCUT2D eigenvalue weighted by Gasteiger charge is -2.13. The molecule has 2 aromatic rings. The van der Waals surface area contributed by atoms with Crippen molar-refractivity contribution in [2.24, 2.45) is 5.84 Å². The second-order valence-electron chi connectivity index (χ2n) is 5.24. The van der Waals surface area contributed by atoms with Crippen LogP contribution >= 0.6 is 23.2 Å². The van der Waals surface area contributed by atoms with Crippen LogP contribution in [0.4, 0.5) is 11.4 Å². The molecule has 0 fully saturated rings. The Balaban J connectivity index is 1.90. The second-order valence-corrected chi connectivity index (χ2v) is 6.05. The predicted octanol–water partition coefficient (Wildman–Crippen LogP) is 4.35. The van der Waals surface area contributed by atoms with E-state index in [1.165, 1.54) is 0 Å². The minimum absolute atomic E-state index is 0.0355. The molecule has 0 unspecified atom stereocenters. The Kier molecular flexibility index (Phi) is 4.61. The number of nitrogens with two attached hydrogens (primary N) is 1. The number of rotatable bonds is 3. The highest BCUT2D eigenvalue weighted by Crippen LogP contribution is 2.39. The molecule has 23 heavy (non-hydrogen) atoms. The number of carbonyl (C=O) groups excluding carboxylic acids is 1. The van der Waals surface area contributed by atoms with Gasteiger partial charge in [0.15, 0.2) is 5.75 Å². The van der Waals surface area contributed by atoms with E-state index in [1.54, 1.807) is 18.2 Å². The predicted molar refractivity (Wildman–Crippen MR) is 92.4 cm³/mol. The number of fused-ring (bicyclic) bond motifs is 1. The van der Waals surface area contributed by atoms with Crippen molar-refractivity contribution in [3.8, 4) is 11.5 Å². The van der Waals surface area contributed by atoms with Crippen molar-refractivity contribution in [2.75, 3.05) is 10.7 Å². The SMILES string of the molecule is NNc1cc(Cl)c(Oc2ccc3c(c2)CCCC(=O)N3)c(Cl)c1. The van der Waals surface area contributed by atoms with Crippen LogP contribution < -0.4 is 21.3 Å². The maximum absolute atomic E-state index is 11.6. The third kappa shape index (κ3) is 3.52. The van der Waals surface area contributed by atoms with Gasteiger partial charge in [-0.25, -0.2) is 0 Å². The van der Waals surface area contributed by atoms with Crippen LogP contribution in [0.15, 0.2) is 30.3 Å². The number of nitrogen functional groups attached to an aromatic ring is 1. The highest BCUT2D eigenvalue weighted by molar-refractivity contribution is 6.37. The zero-order valence-electron chi connectivity index (χ0n) is 12.2. The van der Waals surface area contributed by atoms with Gasteiger partial charge < -0.3 is 15.5 Å². The molecule has 1 aliphatic rings. The molecule has 0 radical (unpaired) electrons. The Morgan fingerprint density at radius 3 is 2.57 bits per heavy atom. The smallest absolute Gasteiger partial charge is 0.224 e. The number of halogens is 2. The monoisotopic (exact) mass is 351 g/mol. The van der Waals surface area contributed by atoms with Gasteiger partial charge >= 0.3 is 0 Å². The number of carbonyl (C=O) groups is 1. The molecule has 0 aromatic heterocycles. The first-order valence-electron chi connectivity index (χ1n) is 7.13. The number of hydrogen-bond acceptors (Lipinski definition) is 4. The molecule has 0 atom stereocenters. The van der Waals surface area contributed by atoms with Crippen LogP contribution in [0.3, 0.4) is 0 Å². The maximum atomic E-state index is 11.6. The van der Waals surface area contributed by atoms with Crippen molar-refractivity contribution < 1.29 is 9.53 Å². The number of hydrogen-bond donors (Lipinski definition) is 3. The molecule has 5 nitrogen and oxygen atoms in total. The Morgan fingerprint density at radius 1 is 1.13 bits per heavy atom. The Morgan fingerprint density at radius 2 is 1.87 bits per heavy atom. The summed E-state index contributed by atoms with van der Waals surface area (Å²) in [7, 11) is 0. The number of nitrogens with one attached hydrogen (secondary N) is 2. The molecule has 0 aliphatic carbocycles. The largest absolute Gasteiger partial charge is 0.454 e. The van der Waals surface area contributed by atoms with Crippen molar-refractivity contribution in [3.63, 3.8) is 0 Å². The third-order valence-electron chi connectivity index (χ3n) is 3.59. The molecule has 0 saturated carbocycles. The van der Waals surface area contributed by atoms with Crippen molar-refractivity contribution >= 4 is 40.5 Å². The molecular formula is C16H15Cl2N3O2. The van der Waals surface area contributed by atoms with Gasteiger partial charge in [0.2, 0.25) is 5.91 Å². The van der Waals surface area contributed by atoms with Crippen LogP contribution in [0.1, 0.15) is 18.4 Å². The van der Waals surface area contributed by atoms with Crippen molar-refractivity contribution in [1.82, 2.24) is 0 Å². The maximum Gasteiger partial charge on any atom is 0.224 e. The molecule has 7 heteroatoms. The molecule has 4 N–H and O–H groups in total. The summed E-state index contributed by atoms with van der Waals surface area (Å²) in [4.78, 5) is 11.6. The fourth-order valence-corrected chi connectivity index (χ4v) is 3.04. The van der Waals surface area contributed by atoms with Gasteiger partial charge in [0.25, 0.3) is 0 Å². The minimum atomic E-state index is 0.0355. The highest BCUT2D eigenvalue weighted by atomic mass is 35.5. The summed E-state index contributed by atoms with van der Waals surface area (Å²) in [6.07, 6.45) is 2.14. The molecule has 3 rings (SSSR count). The van der Waals surface area contributed by atoms with Crippen molar-refractivity contribution in [1.29, 1.82) is 0 Å². The van der Waals surface area contributed by atoms with Gasteiger partial charge in [0, 0.05) is 12.1 Å². The quantitative estimate of drug-likeness (QED) is 0.567. The molecule has 1 aliphatic heterocycles. The van der Waals surface area contributed by atoms with Crippen LogP contribution in [0.2, 0.25) is 10.0 Å². The molecule has 1 amide bonds. The van der Waals surface area contributed by atoms with Crippen molar-refractivity contribution in [3.05, 3.63) is 45.9 Å². The zero-order chi connectivity index (χ0) is 16.4. The highest BCUT2D eigenvalue weighted by Gasteiger charge is 2.15. The molecule has 0 bridgehead atoms. The summed E-state index contributed by atoms with van der Waals surface area (Å²) in [5, 5.41) is 3.59. The fraction of sp³-hybridized carbons (Fsp3) is 0.188. The van der Waals surface area contributed by atoms with Crippen LogP contribution in [0.5, 0.6) is 11.5 Å². The standard InChI is InChI=1S/C16H15Cl2N3O2/c17-12-7-10(21-19)8-13(18)16(12)23-11-4-5-14-9(6-11)2-1-3-15(22)20-14/h4-8,21H,1-3,19H2,(H,20,22). The summed E-state index contributed by atoms with van der Waals surface area (Å²) in [6.45, 7) is 0. The first kappa shape index (κ1) is 15.9. The fourth-order valence-electron chi connectivity index (χ4n) is 2.47. The summed E-state index contributed by atoms with van der Waals surface area (Å²) in [5.41, 5.74) is 4.93. The van der Waals surface area contributed by atoms with Crippen LogP contribution in [0, 0.1) is 0 Å². The van der Waals surface area contributed by atoms with Crippen molar-refractivity contribution in [2.45, 2.75) is 19.3 Å². The third-order valence-corrected chi connectivity index (χ3v) is 4.15. The molecule has 1 heterocycles. The van der Waals surface area contributed by atoms with E-state index in [1.807, 2.05) is 12.1 Å². The van der Waals surface area contributed by atoms with Gasteiger partial charge in [-0.1, -0.05) is 23.2 Å². The molecular weight excluding hydrogens is 337 g/mol. The first-order valence-corrected chi connectivity index (χ1v) is 7.88. The van der Waals surface area contributed by atoms with E-state index < -0.39 is 0 Å². The van der Waals surface area contributed by atoms with Gasteiger partial charge in [0.05, 0.1) is 15.7 Å². The number of benzene rings is 2. The summed E-state index contributed by atoms with van der Waals surface area (Å²) < 4.78 is 5.83. The van der Waals surface area contributed by atoms with Crippen LogP contribution in [-0.2, 0) is 11.2 Å². The average molecular weight is 352 g/mol. The molecule has 120 valence electrons. The lowest BCUT2D eigenvalue weighted by molar-refractivity contribution is -0.116. The Hall–Kier alpha value is -1.95. The summed E-state index contributed by atoms with van der Waals surface area (Å²) in [6, 6.07) is 8.75. The van der Waals surface area contributed by atoms with Gasteiger partial charge in [-0.2, -0.15) is 0 Å². The number of hydrazine groups is 1. The van der Waals surface area contributed by atoms with Crippen LogP contribution in [-0.4, -0.2) is 5.91 Å². The van der Waals surface area contributed by atoms with Gasteiger partial charge in [-0.3, -0.25) is 10.6 Å². The minimum Gasteiger partial charge on any atom is -0.454 e. The van der Waals surface area contributed by atoms with E-state index in [9.17, 15) is 4.79 Å². The second kappa shape index (κ2) is 6.66.